The van der Waals surface area contributed by atoms with Crippen molar-refractivity contribution in [3.8, 4) is 11.3 Å². The van der Waals surface area contributed by atoms with Crippen LogP contribution in [0.5, 0.6) is 0 Å². The highest BCUT2D eigenvalue weighted by Gasteiger charge is 2.14. The van der Waals surface area contributed by atoms with Gasteiger partial charge in [0.2, 0.25) is 5.95 Å². The van der Waals surface area contributed by atoms with Crippen molar-refractivity contribution in [3.05, 3.63) is 41.8 Å². The maximum Gasteiger partial charge on any atom is 0.225 e. The van der Waals surface area contributed by atoms with E-state index in [1.54, 1.807) is 6.07 Å². The van der Waals surface area contributed by atoms with Crippen molar-refractivity contribution in [1.82, 2.24) is 15.3 Å². The van der Waals surface area contributed by atoms with Gasteiger partial charge in [0.1, 0.15) is 5.82 Å². The number of benzene rings is 1. The lowest BCUT2D eigenvalue weighted by Gasteiger charge is -2.20. The number of rotatable bonds is 2. The number of aromatic nitrogens is 2. The van der Waals surface area contributed by atoms with Gasteiger partial charge in [-0.1, -0.05) is 12.1 Å². The van der Waals surface area contributed by atoms with E-state index < -0.39 is 0 Å². The first-order valence-electron chi connectivity index (χ1n) is 7.29. The number of hydrogen-bond acceptors (Lipinski definition) is 4. The SMILES string of the molecule is Cc1cnc(N2CCCNCC2)nc1-c1cccc(F)c1. The van der Waals surface area contributed by atoms with Gasteiger partial charge in [0.05, 0.1) is 5.69 Å². The largest absolute Gasteiger partial charge is 0.339 e. The molecule has 1 aliphatic rings. The molecule has 5 heteroatoms. The lowest BCUT2D eigenvalue weighted by atomic mass is 10.1. The van der Waals surface area contributed by atoms with Crippen LogP contribution in [0.2, 0.25) is 0 Å². The second-order valence-corrected chi connectivity index (χ2v) is 5.30. The van der Waals surface area contributed by atoms with Crippen molar-refractivity contribution in [3.63, 3.8) is 0 Å². The molecule has 0 saturated carbocycles. The van der Waals surface area contributed by atoms with Crippen molar-refractivity contribution < 1.29 is 4.39 Å². The molecule has 0 amide bonds. The molecule has 1 N–H and O–H groups in total. The van der Waals surface area contributed by atoms with E-state index in [1.165, 1.54) is 12.1 Å². The van der Waals surface area contributed by atoms with E-state index >= 15 is 0 Å². The quantitative estimate of drug-likeness (QED) is 0.920. The summed E-state index contributed by atoms with van der Waals surface area (Å²) in [5.41, 5.74) is 2.55. The molecule has 0 spiro atoms. The third-order valence-electron chi connectivity index (χ3n) is 3.68. The van der Waals surface area contributed by atoms with Crippen LogP contribution in [0, 0.1) is 12.7 Å². The summed E-state index contributed by atoms with van der Waals surface area (Å²) in [5, 5.41) is 3.37. The lowest BCUT2D eigenvalue weighted by molar-refractivity contribution is 0.628. The van der Waals surface area contributed by atoms with Gasteiger partial charge in [-0.05, 0) is 37.6 Å². The van der Waals surface area contributed by atoms with E-state index in [4.69, 9.17) is 0 Å². The first kappa shape index (κ1) is 13.9. The summed E-state index contributed by atoms with van der Waals surface area (Å²) in [6.07, 6.45) is 2.90. The molecule has 21 heavy (non-hydrogen) atoms. The molecular weight excluding hydrogens is 267 g/mol. The average molecular weight is 286 g/mol. The zero-order chi connectivity index (χ0) is 14.7. The third kappa shape index (κ3) is 3.19. The molecule has 2 aromatic rings. The van der Waals surface area contributed by atoms with Crippen LogP contribution in [0.4, 0.5) is 10.3 Å². The zero-order valence-electron chi connectivity index (χ0n) is 12.1. The standard InChI is InChI=1S/C16H19FN4/c1-12-11-19-16(21-8-3-6-18-7-9-21)20-15(12)13-4-2-5-14(17)10-13/h2,4-5,10-11,18H,3,6-9H2,1H3. The molecule has 2 heterocycles. The molecule has 3 rings (SSSR count). The first-order chi connectivity index (χ1) is 10.2. The lowest BCUT2D eigenvalue weighted by Crippen LogP contribution is -2.29. The van der Waals surface area contributed by atoms with Gasteiger partial charge in [0.25, 0.3) is 0 Å². The Morgan fingerprint density at radius 1 is 1.24 bits per heavy atom. The van der Waals surface area contributed by atoms with E-state index in [1.807, 2.05) is 19.2 Å². The van der Waals surface area contributed by atoms with E-state index in [2.05, 4.69) is 20.2 Å². The molecular formula is C16H19FN4. The molecule has 0 aliphatic carbocycles. The number of nitrogens with one attached hydrogen (secondary N) is 1. The average Bonchev–Trinajstić information content (AvgIpc) is 2.77. The predicted octanol–water partition coefficient (Wildman–Crippen LogP) is 2.39. The highest BCUT2D eigenvalue weighted by atomic mass is 19.1. The Kier molecular flexibility index (Phi) is 4.10. The van der Waals surface area contributed by atoms with Crippen LogP contribution in [0.25, 0.3) is 11.3 Å². The van der Waals surface area contributed by atoms with Crippen molar-refractivity contribution in [2.45, 2.75) is 13.3 Å². The van der Waals surface area contributed by atoms with Crippen LogP contribution >= 0.6 is 0 Å². The van der Waals surface area contributed by atoms with Crippen molar-refractivity contribution in [2.75, 3.05) is 31.1 Å². The van der Waals surface area contributed by atoms with Crippen molar-refractivity contribution in [2.24, 2.45) is 0 Å². The summed E-state index contributed by atoms with van der Waals surface area (Å²) in [5.74, 6) is 0.481. The molecule has 4 nitrogen and oxygen atoms in total. The van der Waals surface area contributed by atoms with Crippen LogP contribution < -0.4 is 10.2 Å². The number of halogens is 1. The minimum atomic E-state index is -0.244. The summed E-state index contributed by atoms with van der Waals surface area (Å²) in [6, 6.07) is 6.55. The van der Waals surface area contributed by atoms with Gasteiger partial charge in [-0.25, -0.2) is 14.4 Å². The van der Waals surface area contributed by atoms with E-state index in [0.717, 1.165) is 55.4 Å². The summed E-state index contributed by atoms with van der Waals surface area (Å²) in [4.78, 5) is 11.3. The van der Waals surface area contributed by atoms with Gasteiger partial charge in [-0.2, -0.15) is 0 Å². The molecule has 0 bridgehead atoms. The summed E-state index contributed by atoms with van der Waals surface area (Å²) >= 11 is 0. The fourth-order valence-corrected chi connectivity index (χ4v) is 2.56. The summed E-state index contributed by atoms with van der Waals surface area (Å²) in [7, 11) is 0. The maximum absolute atomic E-state index is 13.4. The zero-order valence-corrected chi connectivity index (χ0v) is 12.1. The molecule has 1 saturated heterocycles. The van der Waals surface area contributed by atoms with Crippen LogP contribution in [-0.4, -0.2) is 36.1 Å². The first-order valence-corrected chi connectivity index (χ1v) is 7.29. The Morgan fingerprint density at radius 2 is 2.14 bits per heavy atom. The van der Waals surface area contributed by atoms with Crippen LogP contribution in [0.15, 0.2) is 30.5 Å². The smallest absolute Gasteiger partial charge is 0.225 e. The van der Waals surface area contributed by atoms with E-state index in [0.29, 0.717) is 0 Å². The Balaban J connectivity index is 1.95. The monoisotopic (exact) mass is 286 g/mol. The highest BCUT2D eigenvalue weighted by Crippen LogP contribution is 2.23. The topological polar surface area (TPSA) is 41.1 Å². The third-order valence-corrected chi connectivity index (χ3v) is 3.68. The fraction of sp³-hybridized carbons (Fsp3) is 0.375. The van der Waals surface area contributed by atoms with Crippen molar-refractivity contribution >= 4 is 5.95 Å². The number of anilines is 1. The van der Waals surface area contributed by atoms with Gasteiger partial charge in [0.15, 0.2) is 0 Å². The Bertz CT molecular complexity index is 621. The molecule has 1 aliphatic heterocycles. The Labute approximate surface area is 124 Å². The Morgan fingerprint density at radius 3 is 3.00 bits per heavy atom. The molecule has 1 aromatic carbocycles. The predicted molar refractivity (Wildman–Crippen MR) is 81.9 cm³/mol. The second-order valence-electron chi connectivity index (χ2n) is 5.30. The molecule has 0 atom stereocenters. The van der Waals surface area contributed by atoms with Gasteiger partial charge in [-0.3, -0.25) is 0 Å². The molecule has 110 valence electrons. The number of aryl methyl sites for hydroxylation is 1. The minimum absolute atomic E-state index is 0.244. The van der Waals surface area contributed by atoms with Gasteiger partial charge in [-0.15, -0.1) is 0 Å². The summed E-state index contributed by atoms with van der Waals surface area (Å²) < 4.78 is 13.4. The fourth-order valence-electron chi connectivity index (χ4n) is 2.56. The molecule has 0 radical (unpaired) electrons. The number of hydrogen-bond donors (Lipinski definition) is 1. The molecule has 1 aromatic heterocycles. The number of nitrogens with zero attached hydrogens (tertiary/aromatic N) is 3. The van der Waals surface area contributed by atoms with Gasteiger partial charge < -0.3 is 10.2 Å². The van der Waals surface area contributed by atoms with Gasteiger partial charge in [0, 0.05) is 31.4 Å². The summed E-state index contributed by atoms with van der Waals surface area (Å²) in [6.45, 7) is 5.75. The molecule has 0 unspecified atom stereocenters. The minimum Gasteiger partial charge on any atom is -0.339 e. The second kappa shape index (κ2) is 6.18. The van der Waals surface area contributed by atoms with Crippen LogP contribution in [0.1, 0.15) is 12.0 Å². The van der Waals surface area contributed by atoms with E-state index in [9.17, 15) is 4.39 Å². The maximum atomic E-state index is 13.4. The highest BCUT2D eigenvalue weighted by molar-refractivity contribution is 5.63. The van der Waals surface area contributed by atoms with Crippen LogP contribution in [-0.2, 0) is 0 Å². The van der Waals surface area contributed by atoms with Crippen molar-refractivity contribution in [1.29, 1.82) is 0 Å². The normalized spacial score (nSPS) is 15.8. The van der Waals surface area contributed by atoms with E-state index in [-0.39, 0.29) is 5.82 Å². The Hall–Kier alpha value is -2.01. The van der Waals surface area contributed by atoms with Gasteiger partial charge >= 0.3 is 0 Å². The van der Waals surface area contributed by atoms with Crippen LogP contribution in [0.3, 0.4) is 0 Å². The molecule has 1 fully saturated rings.